The number of ether oxygens (including phenoxy) is 1. The molecular weight excluding hydrogens is 356 g/mol. The highest BCUT2D eigenvalue weighted by Crippen LogP contribution is 2.42. The van der Waals surface area contributed by atoms with Gasteiger partial charge in [-0.25, -0.2) is 4.98 Å². The predicted octanol–water partition coefficient (Wildman–Crippen LogP) is 4.36. The molecule has 3 aromatic rings. The van der Waals surface area contributed by atoms with Gasteiger partial charge in [0.25, 0.3) is 5.91 Å². The number of aromatic nitrogens is 1. The number of fused-ring (bicyclic) bond motifs is 1. The minimum atomic E-state index is -0.0803. The molecule has 1 aliphatic heterocycles. The Hall–Kier alpha value is -1.95. The monoisotopic (exact) mass is 372 g/mol. The number of nitrogens with zero attached hydrogens (tertiary/aromatic N) is 1. The van der Waals surface area contributed by atoms with Gasteiger partial charge >= 0.3 is 0 Å². The minimum Gasteiger partial charge on any atom is -0.377 e. The summed E-state index contributed by atoms with van der Waals surface area (Å²) in [5.41, 5.74) is 3.65. The van der Waals surface area contributed by atoms with Crippen LogP contribution in [-0.4, -0.2) is 30.1 Å². The van der Waals surface area contributed by atoms with Crippen LogP contribution in [0.15, 0.2) is 30.3 Å². The number of aryl methyl sites for hydroxylation is 2. The van der Waals surface area contributed by atoms with Gasteiger partial charge < -0.3 is 10.1 Å². The summed E-state index contributed by atoms with van der Waals surface area (Å²) in [5, 5.41) is 4.65. The fourth-order valence-corrected chi connectivity index (χ4v) is 4.38. The SMILES string of the molecule is Cc1nc2sc(C(=O)NC3COC3)c(-c3ccccc3)c2c(C)c1Cl. The molecule has 0 radical (unpaired) electrons. The topological polar surface area (TPSA) is 51.2 Å². The van der Waals surface area contributed by atoms with E-state index in [0.717, 1.165) is 32.6 Å². The molecule has 25 heavy (non-hydrogen) atoms. The highest BCUT2D eigenvalue weighted by atomic mass is 35.5. The Morgan fingerprint density at radius 3 is 2.64 bits per heavy atom. The summed E-state index contributed by atoms with van der Waals surface area (Å²) in [6, 6.07) is 10.0. The molecule has 1 aliphatic rings. The van der Waals surface area contributed by atoms with E-state index in [1.54, 1.807) is 0 Å². The van der Waals surface area contributed by atoms with Crippen molar-refractivity contribution in [2.75, 3.05) is 13.2 Å². The van der Waals surface area contributed by atoms with E-state index < -0.39 is 0 Å². The van der Waals surface area contributed by atoms with Crippen molar-refractivity contribution in [3.8, 4) is 11.1 Å². The summed E-state index contributed by atoms with van der Waals surface area (Å²) in [6.07, 6.45) is 0. The van der Waals surface area contributed by atoms with Crippen LogP contribution >= 0.6 is 22.9 Å². The Morgan fingerprint density at radius 1 is 1.28 bits per heavy atom. The molecule has 1 saturated heterocycles. The molecule has 0 unspecified atom stereocenters. The van der Waals surface area contributed by atoms with E-state index in [1.165, 1.54) is 11.3 Å². The van der Waals surface area contributed by atoms with Gasteiger partial charge in [0.1, 0.15) is 9.71 Å². The lowest BCUT2D eigenvalue weighted by molar-refractivity contribution is -0.00337. The summed E-state index contributed by atoms with van der Waals surface area (Å²) in [4.78, 5) is 19.0. The first-order chi connectivity index (χ1) is 12.1. The molecule has 0 spiro atoms. The Bertz CT molecular complexity index is 965. The van der Waals surface area contributed by atoms with Gasteiger partial charge in [0.05, 0.1) is 30.0 Å². The maximum absolute atomic E-state index is 12.9. The van der Waals surface area contributed by atoms with Gasteiger partial charge in [0, 0.05) is 10.9 Å². The van der Waals surface area contributed by atoms with Gasteiger partial charge in [-0.05, 0) is 25.0 Å². The van der Waals surface area contributed by atoms with Crippen LogP contribution in [0.1, 0.15) is 20.9 Å². The number of hydrogen-bond acceptors (Lipinski definition) is 4. The highest BCUT2D eigenvalue weighted by molar-refractivity contribution is 7.21. The van der Waals surface area contributed by atoms with Crippen molar-refractivity contribution in [2.24, 2.45) is 0 Å². The maximum atomic E-state index is 12.9. The Kier molecular flexibility index (Phi) is 4.23. The van der Waals surface area contributed by atoms with Gasteiger partial charge in [0.15, 0.2) is 0 Å². The zero-order valence-electron chi connectivity index (χ0n) is 13.9. The second kappa shape index (κ2) is 6.41. The molecule has 2 aromatic heterocycles. The average Bonchev–Trinajstić information content (AvgIpc) is 2.96. The maximum Gasteiger partial charge on any atom is 0.262 e. The second-order valence-corrected chi connectivity index (χ2v) is 7.57. The molecule has 0 bridgehead atoms. The van der Waals surface area contributed by atoms with Gasteiger partial charge in [-0.3, -0.25) is 4.79 Å². The normalized spacial score (nSPS) is 14.5. The van der Waals surface area contributed by atoms with E-state index in [9.17, 15) is 4.79 Å². The molecule has 4 nitrogen and oxygen atoms in total. The van der Waals surface area contributed by atoms with Crippen molar-refractivity contribution in [2.45, 2.75) is 19.9 Å². The number of rotatable bonds is 3. The number of hydrogen-bond donors (Lipinski definition) is 1. The van der Waals surface area contributed by atoms with Crippen molar-refractivity contribution >= 4 is 39.1 Å². The smallest absolute Gasteiger partial charge is 0.262 e. The molecule has 3 heterocycles. The molecule has 128 valence electrons. The standard InChI is InChI=1S/C19H17ClN2O2S/c1-10-14-15(12-6-4-3-5-7-12)17(18(23)22-13-8-24-9-13)25-19(14)21-11(2)16(10)20/h3-7,13H,8-9H2,1-2H3,(H,22,23). The minimum absolute atomic E-state index is 0.0803. The Morgan fingerprint density at radius 2 is 2.00 bits per heavy atom. The largest absolute Gasteiger partial charge is 0.377 e. The van der Waals surface area contributed by atoms with E-state index in [2.05, 4.69) is 10.3 Å². The summed E-state index contributed by atoms with van der Waals surface area (Å²) >= 11 is 7.86. The van der Waals surface area contributed by atoms with Crippen molar-refractivity contribution in [1.82, 2.24) is 10.3 Å². The number of halogens is 1. The molecule has 0 saturated carbocycles. The fourth-order valence-electron chi connectivity index (χ4n) is 3.04. The summed E-state index contributed by atoms with van der Waals surface area (Å²) in [5.74, 6) is -0.0803. The molecule has 6 heteroatoms. The zero-order valence-corrected chi connectivity index (χ0v) is 15.5. The molecule has 1 aromatic carbocycles. The van der Waals surface area contributed by atoms with E-state index in [4.69, 9.17) is 16.3 Å². The predicted molar refractivity (Wildman–Crippen MR) is 102 cm³/mol. The molecular formula is C19H17ClN2O2S. The highest BCUT2D eigenvalue weighted by Gasteiger charge is 2.27. The molecule has 0 aliphatic carbocycles. The van der Waals surface area contributed by atoms with Gasteiger partial charge in [-0.15, -0.1) is 11.3 Å². The third-order valence-corrected chi connectivity index (χ3v) is 6.06. The second-order valence-electron chi connectivity index (χ2n) is 6.20. The van der Waals surface area contributed by atoms with Crippen LogP contribution in [0.4, 0.5) is 0 Å². The molecule has 1 amide bonds. The van der Waals surface area contributed by atoms with Crippen LogP contribution in [-0.2, 0) is 4.74 Å². The van der Waals surface area contributed by atoms with E-state index >= 15 is 0 Å². The number of nitrogens with one attached hydrogen (secondary N) is 1. The quantitative estimate of drug-likeness (QED) is 0.743. The van der Waals surface area contributed by atoms with Crippen LogP contribution < -0.4 is 5.32 Å². The summed E-state index contributed by atoms with van der Waals surface area (Å²) in [7, 11) is 0. The Labute approximate surface area is 154 Å². The van der Waals surface area contributed by atoms with Crippen molar-refractivity contribution in [1.29, 1.82) is 0 Å². The number of benzene rings is 1. The molecule has 1 N–H and O–H groups in total. The third kappa shape index (κ3) is 2.82. The third-order valence-electron chi connectivity index (χ3n) is 4.42. The number of amides is 1. The van der Waals surface area contributed by atoms with E-state index in [-0.39, 0.29) is 11.9 Å². The van der Waals surface area contributed by atoms with Crippen LogP contribution in [0.25, 0.3) is 21.3 Å². The number of thiophene rings is 1. The molecule has 4 rings (SSSR count). The first kappa shape index (κ1) is 16.5. The number of carbonyl (C=O) groups excluding carboxylic acids is 1. The van der Waals surface area contributed by atoms with Crippen molar-refractivity contribution in [3.63, 3.8) is 0 Å². The van der Waals surface area contributed by atoms with Crippen LogP contribution in [0, 0.1) is 13.8 Å². The summed E-state index contributed by atoms with van der Waals surface area (Å²) in [6.45, 7) is 5.02. The van der Waals surface area contributed by atoms with Gasteiger partial charge in [-0.2, -0.15) is 0 Å². The van der Waals surface area contributed by atoms with Crippen LogP contribution in [0.3, 0.4) is 0 Å². The Balaban J connectivity index is 1.95. The summed E-state index contributed by atoms with van der Waals surface area (Å²) < 4.78 is 5.15. The number of pyridine rings is 1. The zero-order chi connectivity index (χ0) is 17.6. The molecule has 0 atom stereocenters. The van der Waals surface area contributed by atoms with Gasteiger partial charge in [0.2, 0.25) is 0 Å². The van der Waals surface area contributed by atoms with E-state index in [0.29, 0.717) is 23.1 Å². The van der Waals surface area contributed by atoms with Gasteiger partial charge in [-0.1, -0.05) is 41.9 Å². The van der Waals surface area contributed by atoms with Crippen LogP contribution in [0.2, 0.25) is 5.02 Å². The first-order valence-corrected chi connectivity index (χ1v) is 9.29. The van der Waals surface area contributed by atoms with Crippen LogP contribution in [0.5, 0.6) is 0 Å². The lowest BCUT2D eigenvalue weighted by Crippen LogP contribution is -2.48. The van der Waals surface area contributed by atoms with Crippen molar-refractivity contribution in [3.05, 3.63) is 51.5 Å². The lowest BCUT2D eigenvalue weighted by Gasteiger charge is -2.26. The first-order valence-electron chi connectivity index (χ1n) is 8.09. The molecule has 1 fully saturated rings. The fraction of sp³-hybridized carbons (Fsp3) is 0.263. The lowest BCUT2D eigenvalue weighted by atomic mass is 9.99. The average molecular weight is 373 g/mol. The van der Waals surface area contributed by atoms with E-state index in [1.807, 2.05) is 44.2 Å². The van der Waals surface area contributed by atoms with Crippen molar-refractivity contribution < 1.29 is 9.53 Å². The number of carbonyl (C=O) groups is 1.